The first-order valence-corrected chi connectivity index (χ1v) is 3.29. The maximum Gasteiger partial charge on any atom is 0.346 e. The quantitative estimate of drug-likeness (QED) is 0.448. The molecular weight excluding hydrogens is 128 g/mol. The van der Waals surface area contributed by atoms with Crippen molar-refractivity contribution in [2.45, 2.75) is 0 Å². The molecule has 0 aliphatic carbocycles. The van der Waals surface area contributed by atoms with Crippen LogP contribution in [0.1, 0.15) is 0 Å². The minimum absolute atomic E-state index is 0.882. The predicted molar refractivity (Wildman–Crippen MR) is 36.7 cm³/mol. The summed E-state index contributed by atoms with van der Waals surface area (Å²) in [6.45, 7) is 1.83. The van der Waals surface area contributed by atoms with Crippen molar-refractivity contribution in [3.63, 3.8) is 0 Å². The van der Waals surface area contributed by atoms with E-state index >= 15 is 0 Å². The van der Waals surface area contributed by atoms with Gasteiger partial charge in [0.25, 0.3) is 0 Å². The lowest BCUT2D eigenvalue weighted by Crippen LogP contribution is -2.47. The second-order valence-electron chi connectivity index (χ2n) is 2.15. The maximum absolute atomic E-state index is 4.23. The van der Waals surface area contributed by atoms with Gasteiger partial charge in [-0.15, -0.1) is 4.99 Å². The van der Waals surface area contributed by atoms with Gasteiger partial charge in [-0.05, 0) is 0 Å². The Labute approximate surface area is 58.6 Å². The van der Waals surface area contributed by atoms with Crippen LogP contribution in [0.2, 0.25) is 0 Å². The summed E-state index contributed by atoms with van der Waals surface area (Å²) in [4.78, 5) is 7.18. The molecule has 1 aliphatic rings. The summed E-state index contributed by atoms with van der Waals surface area (Å²) in [5, 5.41) is 3.15. The molecule has 4 heteroatoms. The minimum Gasteiger partial charge on any atom is -0.300 e. The monoisotopic (exact) mass is 137 g/mol. The number of aromatic nitrogens is 2. The van der Waals surface area contributed by atoms with Crippen molar-refractivity contribution >= 4 is 5.96 Å². The first-order chi connectivity index (χ1) is 4.97. The number of hydrogen-bond acceptors (Lipinski definition) is 2. The second kappa shape index (κ2) is 2.13. The molecule has 1 aromatic heterocycles. The molecule has 10 heavy (non-hydrogen) atoms. The number of nitrogens with zero attached hydrogens (tertiary/aromatic N) is 2. The molecule has 0 amide bonds. The van der Waals surface area contributed by atoms with Crippen LogP contribution in [0.3, 0.4) is 0 Å². The van der Waals surface area contributed by atoms with Gasteiger partial charge in [-0.25, -0.2) is 4.57 Å². The molecule has 0 unspecified atom stereocenters. The Bertz CT molecular complexity index is 236. The summed E-state index contributed by atoms with van der Waals surface area (Å²) in [6, 6.07) is 0. The Morgan fingerprint density at radius 2 is 2.60 bits per heavy atom. The summed E-state index contributed by atoms with van der Waals surface area (Å²) in [5.41, 5.74) is 0. The van der Waals surface area contributed by atoms with Crippen molar-refractivity contribution in [3.05, 3.63) is 18.7 Å². The van der Waals surface area contributed by atoms with Gasteiger partial charge in [0.1, 0.15) is 6.54 Å². The molecule has 0 atom stereocenters. The highest BCUT2D eigenvalue weighted by atomic mass is 15.3. The zero-order chi connectivity index (χ0) is 6.81. The molecular formula is C6H9N4+. The molecule has 0 saturated carbocycles. The Hall–Kier alpha value is -1.32. The molecule has 0 aromatic carbocycles. The lowest BCUT2D eigenvalue weighted by molar-refractivity contribution is -0.557. The average molecular weight is 137 g/mol. The molecule has 2 heterocycles. The third kappa shape index (κ3) is 0.775. The van der Waals surface area contributed by atoms with Gasteiger partial charge in [-0.3, -0.25) is 10.3 Å². The molecule has 1 aliphatic heterocycles. The highest BCUT2D eigenvalue weighted by Gasteiger charge is 2.13. The number of nitrogens with one attached hydrogen (secondary N) is 2. The van der Waals surface area contributed by atoms with E-state index in [0.29, 0.717) is 0 Å². The SMILES string of the molecule is c1c[n+](C2=NCCN2)c[nH]1. The summed E-state index contributed by atoms with van der Waals surface area (Å²) in [6.07, 6.45) is 5.65. The van der Waals surface area contributed by atoms with Crippen LogP contribution in [0.15, 0.2) is 23.7 Å². The number of hydrogen-bond donors (Lipinski definition) is 2. The summed E-state index contributed by atoms with van der Waals surface area (Å²) < 4.78 is 1.92. The highest BCUT2D eigenvalue weighted by Crippen LogP contribution is 1.80. The van der Waals surface area contributed by atoms with E-state index in [0.717, 1.165) is 19.0 Å². The molecule has 2 rings (SSSR count). The van der Waals surface area contributed by atoms with Crippen LogP contribution in [0.4, 0.5) is 0 Å². The van der Waals surface area contributed by atoms with E-state index in [-0.39, 0.29) is 0 Å². The summed E-state index contributed by atoms with van der Waals surface area (Å²) in [7, 11) is 0. The molecule has 0 spiro atoms. The van der Waals surface area contributed by atoms with Gasteiger partial charge in [0.05, 0.1) is 18.9 Å². The van der Waals surface area contributed by atoms with Gasteiger partial charge in [0.2, 0.25) is 0 Å². The summed E-state index contributed by atoms with van der Waals surface area (Å²) in [5.74, 6) is 0.932. The normalized spacial score (nSPS) is 16.6. The Balaban J connectivity index is 2.28. The maximum atomic E-state index is 4.23. The van der Waals surface area contributed by atoms with Crippen LogP contribution < -0.4 is 9.88 Å². The van der Waals surface area contributed by atoms with E-state index in [4.69, 9.17) is 0 Å². The number of aromatic amines is 1. The zero-order valence-electron chi connectivity index (χ0n) is 5.54. The average Bonchev–Trinajstić information content (AvgIpc) is 2.59. The lowest BCUT2D eigenvalue weighted by Gasteiger charge is -1.90. The smallest absolute Gasteiger partial charge is 0.300 e. The molecule has 52 valence electrons. The number of H-pyrrole nitrogens is 1. The van der Waals surface area contributed by atoms with E-state index in [2.05, 4.69) is 15.3 Å². The van der Waals surface area contributed by atoms with Crippen molar-refractivity contribution in [2.75, 3.05) is 13.1 Å². The molecule has 1 aromatic rings. The van der Waals surface area contributed by atoms with Crippen LogP contribution in [-0.4, -0.2) is 24.0 Å². The van der Waals surface area contributed by atoms with Gasteiger partial charge >= 0.3 is 5.96 Å². The van der Waals surface area contributed by atoms with Gasteiger partial charge in [0.15, 0.2) is 6.33 Å². The zero-order valence-corrected chi connectivity index (χ0v) is 5.54. The number of imidazole rings is 1. The van der Waals surface area contributed by atoms with E-state index in [1.807, 2.05) is 23.3 Å². The predicted octanol–water partition coefficient (Wildman–Crippen LogP) is -0.890. The van der Waals surface area contributed by atoms with E-state index in [1.165, 1.54) is 0 Å². The standard InChI is InChI=1S/C6H8N4/c1-2-9-6(8-1)10-4-3-7-5-10/h3-5H,1-2H2,(H,8,9)/p+1. The Morgan fingerprint density at radius 3 is 3.20 bits per heavy atom. The molecule has 0 fully saturated rings. The Kier molecular flexibility index (Phi) is 1.16. The fourth-order valence-electron chi connectivity index (χ4n) is 0.980. The molecule has 0 bridgehead atoms. The van der Waals surface area contributed by atoms with Crippen molar-refractivity contribution in [3.8, 4) is 0 Å². The van der Waals surface area contributed by atoms with Gasteiger partial charge in [-0.1, -0.05) is 0 Å². The minimum atomic E-state index is 0.882. The third-order valence-electron chi connectivity index (χ3n) is 1.45. The Morgan fingerprint density at radius 1 is 1.60 bits per heavy atom. The van der Waals surface area contributed by atoms with Gasteiger partial charge in [-0.2, -0.15) is 0 Å². The lowest BCUT2D eigenvalue weighted by atomic mass is 10.7. The largest absolute Gasteiger partial charge is 0.346 e. The van der Waals surface area contributed by atoms with Crippen LogP contribution in [-0.2, 0) is 0 Å². The fraction of sp³-hybridized carbons (Fsp3) is 0.333. The first kappa shape index (κ1) is 5.46. The molecule has 0 saturated heterocycles. The van der Waals surface area contributed by atoms with Crippen LogP contribution >= 0.6 is 0 Å². The van der Waals surface area contributed by atoms with E-state index in [9.17, 15) is 0 Å². The topological polar surface area (TPSA) is 44.1 Å². The van der Waals surface area contributed by atoms with Crippen LogP contribution in [0.5, 0.6) is 0 Å². The van der Waals surface area contributed by atoms with E-state index in [1.54, 1.807) is 0 Å². The first-order valence-electron chi connectivity index (χ1n) is 3.29. The van der Waals surface area contributed by atoms with Crippen LogP contribution in [0.25, 0.3) is 0 Å². The van der Waals surface area contributed by atoms with E-state index < -0.39 is 0 Å². The number of aliphatic imine (C=N–C) groups is 1. The van der Waals surface area contributed by atoms with Gasteiger partial charge in [0, 0.05) is 0 Å². The second-order valence-corrected chi connectivity index (χ2v) is 2.15. The van der Waals surface area contributed by atoms with Crippen molar-refractivity contribution in [1.29, 1.82) is 0 Å². The third-order valence-corrected chi connectivity index (χ3v) is 1.45. The van der Waals surface area contributed by atoms with Crippen molar-refractivity contribution in [2.24, 2.45) is 4.99 Å². The molecule has 4 nitrogen and oxygen atoms in total. The fourth-order valence-corrected chi connectivity index (χ4v) is 0.980. The summed E-state index contributed by atoms with van der Waals surface area (Å²) >= 11 is 0. The van der Waals surface area contributed by atoms with Crippen molar-refractivity contribution in [1.82, 2.24) is 10.3 Å². The van der Waals surface area contributed by atoms with Gasteiger partial charge < -0.3 is 0 Å². The highest BCUT2D eigenvalue weighted by molar-refractivity contribution is 5.72. The molecule has 0 radical (unpaired) electrons. The number of rotatable bonds is 0. The molecule has 2 N–H and O–H groups in total. The van der Waals surface area contributed by atoms with Crippen molar-refractivity contribution < 1.29 is 4.57 Å². The van der Waals surface area contributed by atoms with Crippen LogP contribution in [0, 0.1) is 0 Å².